The van der Waals surface area contributed by atoms with E-state index in [9.17, 15) is 10.1 Å². The molecule has 0 spiro atoms. The smallest absolute Gasteiger partial charge is 0.295 e. The van der Waals surface area contributed by atoms with E-state index < -0.39 is 0 Å². The molecular weight excluding hydrogens is 331 g/mol. The van der Waals surface area contributed by atoms with Gasteiger partial charge >= 0.3 is 5.00 Å². The molecule has 112 valence electrons. The normalized spacial score (nSPS) is 12.6. The number of benzene rings is 1. The molecule has 0 saturated carbocycles. The van der Waals surface area contributed by atoms with Gasteiger partial charge in [-0.15, -0.1) is 0 Å². The number of hydrogen-bond donors (Lipinski definition) is 0. The van der Waals surface area contributed by atoms with Crippen molar-refractivity contribution in [1.82, 2.24) is 4.90 Å². The molecule has 2 rings (SSSR count). The third kappa shape index (κ3) is 3.95. The van der Waals surface area contributed by atoms with Crippen LogP contribution in [-0.2, 0) is 6.54 Å². The molecule has 4 nitrogen and oxygen atoms in total. The van der Waals surface area contributed by atoms with Crippen LogP contribution in [0.2, 0.25) is 10.0 Å². The van der Waals surface area contributed by atoms with E-state index in [2.05, 4.69) is 4.90 Å². The van der Waals surface area contributed by atoms with Crippen molar-refractivity contribution in [1.29, 1.82) is 0 Å². The number of thiophene rings is 1. The van der Waals surface area contributed by atoms with Gasteiger partial charge in [-0.2, -0.15) is 0 Å². The van der Waals surface area contributed by atoms with Crippen molar-refractivity contribution in [3.8, 4) is 0 Å². The Morgan fingerprint density at radius 1 is 1.38 bits per heavy atom. The summed E-state index contributed by atoms with van der Waals surface area (Å²) in [5.41, 5.74) is 1.90. The van der Waals surface area contributed by atoms with Gasteiger partial charge in [0.25, 0.3) is 0 Å². The molecule has 1 atom stereocenters. The van der Waals surface area contributed by atoms with Gasteiger partial charge in [-0.1, -0.05) is 40.6 Å². The number of hydrogen-bond acceptors (Lipinski definition) is 4. The first-order valence-electron chi connectivity index (χ1n) is 6.25. The van der Waals surface area contributed by atoms with Crippen molar-refractivity contribution in [3.63, 3.8) is 0 Å². The highest BCUT2D eigenvalue weighted by atomic mass is 35.5. The van der Waals surface area contributed by atoms with Gasteiger partial charge in [0.05, 0.1) is 4.92 Å². The minimum atomic E-state index is -0.367. The zero-order chi connectivity index (χ0) is 15.6. The lowest BCUT2D eigenvalue weighted by molar-refractivity contribution is -0.380. The Hall–Kier alpha value is -1.14. The van der Waals surface area contributed by atoms with Crippen LogP contribution in [0.25, 0.3) is 0 Å². The lowest BCUT2D eigenvalue weighted by atomic mass is 10.1. The Balaban J connectivity index is 2.11. The monoisotopic (exact) mass is 344 g/mol. The topological polar surface area (TPSA) is 46.4 Å². The van der Waals surface area contributed by atoms with Crippen molar-refractivity contribution < 1.29 is 4.92 Å². The summed E-state index contributed by atoms with van der Waals surface area (Å²) in [5.74, 6) is 0. The van der Waals surface area contributed by atoms with Crippen LogP contribution in [0.1, 0.15) is 24.1 Å². The van der Waals surface area contributed by atoms with E-state index in [1.54, 1.807) is 12.1 Å². The minimum Gasteiger partial charge on any atom is -0.295 e. The van der Waals surface area contributed by atoms with Gasteiger partial charge in [0, 0.05) is 34.1 Å². The van der Waals surface area contributed by atoms with Crippen molar-refractivity contribution in [2.75, 3.05) is 7.05 Å². The summed E-state index contributed by atoms with van der Waals surface area (Å²) in [6.07, 6.45) is 0. The van der Waals surface area contributed by atoms with Crippen LogP contribution in [0.4, 0.5) is 5.00 Å². The lowest BCUT2D eigenvalue weighted by Gasteiger charge is -2.25. The van der Waals surface area contributed by atoms with Gasteiger partial charge in [-0.3, -0.25) is 15.0 Å². The fourth-order valence-electron chi connectivity index (χ4n) is 2.04. The summed E-state index contributed by atoms with van der Waals surface area (Å²) in [6, 6.07) is 7.12. The maximum atomic E-state index is 10.7. The molecule has 1 heterocycles. The number of rotatable bonds is 5. The summed E-state index contributed by atoms with van der Waals surface area (Å²) >= 11 is 13.3. The van der Waals surface area contributed by atoms with Gasteiger partial charge in [-0.05, 0) is 37.2 Å². The highest BCUT2D eigenvalue weighted by molar-refractivity contribution is 7.13. The highest BCUT2D eigenvalue weighted by Gasteiger charge is 2.17. The molecule has 0 aliphatic carbocycles. The zero-order valence-corrected chi connectivity index (χ0v) is 13.9. The Kier molecular flexibility index (Phi) is 5.22. The first kappa shape index (κ1) is 16.2. The van der Waals surface area contributed by atoms with Crippen LogP contribution in [-0.4, -0.2) is 16.9 Å². The van der Waals surface area contributed by atoms with E-state index in [0.717, 1.165) is 22.5 Å². The maximum absolute atomic E-state index is 10.7. The molecule has 0 N–H and O–H groups in total. The molecule has 0 saturated heterocycles. The van der Waals surface area contributed by atoms with E-state index >= 15 is 0 Å². The van der Waals surface area contributed by atoms with Gasteiger partial charge in [0.15, 0.2) is 0 Å². The fraction of sp³-hybridized carbons (Fsp3) is 0.286. The van der Waals surface area contributed by atoms with Crippen molar-refractivity contribution in [2.45, 2.75) is 19.5 Å². The third-order valence-corrected chi connectivity index (χ3v) is 4.82. The highest BCUT2D eigenvalue weighted by Crippen LogP contribution is 2.31. The van der Waals surface area contributed by atoms with Gasteiger partial charge < -0.3 is 0 Å². The molecule has 2 aromatic rings. The standard InChI is InChI=1S/C14H14Cl2N2O2S/c1-9(12-4-3-11(15)6-13(12)16)17(2)7-10-5-14(18(19)20)21-8-10/h3-6,8-9H,7H2,1-2H3. The van der Waals surface area contributed by atoms with E-state index in [1.165, 1.54) is 0 Å². The summed E-state index contributed by atoms with van der Waals surface area (Å²) in [5, 5.41) is 13.9. The largest absolute Gasteiger partial charge is 0.324 e. The van der Waals surface area contributed by atoms with Crippen molar-refractivity contribution in [3.05, 3.63) is 60.9 Å². The average Bonchev–Trinajstić information content (AvgIpc) is 2.86. The Labute approximate surface area is 137 Å². The summed E-state index contributed by atoms with van der Waals surface area (Å²) in [7, 11) is 1.96. The summed E-state index contributed by atoms with van der Waals surface area (Å²) in [4.78, 5) is 12.4. The molecule has 0 aliphatic heterocycles. The van der Waals surface area contributed by atoms with E-state index in [0.29, 0.717) is 16.6 Å². The second kappa shape index (κ2) is 6.75. The number of nitrogens with zero attached hydrogens (tertiary/aromatic N) is 2. The molecule has 21 heavy (non-hydrogen) atoms. The minimum absolute atomic E-state index is 0.0775. The number of halogens is 2. The molecule has 1 aromatic heterocycles. The first-order chi connectivity index (χ1) is 9.88. The molecule has 7 heteroatoms. The Morgan fingerprint density at radius 2 is 2.10 bits per heavy atom. The predicted molar refractivity (Wildman–Crippen MR) is 87.3 cm³/mol. The SMILES string of the molecule is CC(c1ccc(Cl)cc1Cl)N(C)Cc1csc([N+](=O)[O-])c1. The van der Waals surface area contributed by atoms with Crippen molar-refractivity contribution >= 4 is 39.5 Å². The van der Waals surface area contributed by atoms with Crippen LogP contribution >= 0.6 is 34.5 Å². The Morgan fingerprint density at radius 3 is 2.67 bits per heavy atom. The van der Waals surface area contributed by atoms with E-state index in [1.807, 2.05) is 31.5 Å². The van der Waals surface area contributed by atoms with Gasteiger partial charge in [0.2, 0.25) is 0 Å². The van der Waals surface area contributed by atoms with Crippen LogP contribution in [0.5, 0.6) is 0 Å². The van der Waals surface area contributed by atoms with Gasteiger partial charge in [-0.25, -0.2) is 0 Å². The fourth-order valence-corrected chi connectivity index (χ4v) is 3.33. The lowest BCUT2D eigenvalue weighted by Crippen LogP contribution is -2.21. The van der Waals surface area contributed by atoms with Crippen LogP contribution in [0.3, 0.4) is 0 Å². The van der Waals surface area contributed by atoms with Crippen LogP contribution < -0.4 is 0 Å². The molecule has 0 amide bonds. The first-order valence-corrected chi connectivity index (χ1v) is 7.89. The van der Waals surface area contributed by atoms with Crippen molar-refractivity contribution in [2.24, 2.45) is 0 Å². The Bertz CT molecular complexity index is 660. The zero-order valence-electron chi connectivity index (χ0n) is 11.5. The number of nitro groups is 1. The quantitative estimate of drug-likeness (QED) is 0.556. The average molecular weight is 345 g/mol. The molecule has 0 bridgehead atoms. The molecule has 0 aliphatic rings. The third-order valence-electron chi connectivity index (χ3n) is 3.33. The predicted octanol–water partition coefficient (Wildman–Crippen LogP) is 5.16. The van der Waals surface area contributed by atoms with E-state index in [4.69, 9.17) is 23.2 Å². The molecule has 1 unspecified atom stereocenters. The summed E-state index contributed by atoms with van der Waals surface area (Å²) < 4.78 is 0. The molecule has 1 aromatic carbocycles. The van der Waals surface area contributed by atoms with Gasteiger partial charge in [0.1, 0.15) is 0 Å². The second-order valence-corrected chi connectivity index (χ2v) is 6.54. The molecule has 0 fully saturated rings. The second-order valence-electron chi connectivity index (χ2n) is 4.81. The molecular formula is C14H14Cl2N2O2S. The van der Waals surface area contributed by atoms with E-state index in [-0.39, 0.29) is 16.0 Å². The molecule has 0 radical (unpaired) electrons. The summed E-state index contributed by atoms with van der Waals surface area (Å²) in [6.45, 7) is 2.65. The van der Waals surface area contributed by atoms with Crippen LogP contribution in [0, 0.1) is 10.1 Å². The van der Waals surface area contributed by atoms with Crippen LogP contribution in [0.15, 0.2) is 29.6 Å². The maximum Gasteiger partial charge on any atom is 0.324 e.